The summed E-state index contributed by atoms with van der Waals surface area (Å²) in [6, 6.07) is 7.08. The second-order valence-electron chi connectivity index (χ2n) is 5.40. The highest BCUT2D eigenvalue weighted by Crippen LogP contribution is 2.20. The van der Waals surface area contributed by atoms with Gasteiger partial charge in [0.05, 0.1) is 6.10 Å². The quantitative estimate of drug-likeness (QED) is 0.848. The number of hydrogen-bond donors (Lipinski definition) is 2. The number of likely N-dealkylation sites (tertiary alicyclic amines) is 1. The Labute approximate surface area is 122 Å². The van der Waals surface area contributed by atoms with Gasteiger partial charge in [0, 0.05) is 24.2 Å². The van der Waals surface area contributed by atoms with Crippen LogP contribution in [0, 0.1) is 5.92 Å². The van der Waals surface area contributed by atoms with Crippen LogP contribution in [-0.2, 0) is 0 Å². The van der Waals surface area contributed by atoms with Gasteiger partial charge in [0.25, 0.3) is 5.91 Å². The van der Waals surface area contributed by atoms with Crippen LogP contribution in [0.3, 0.4) is 0 Å². The molecule has 0 aliphatic carbocycles. The minimum Gasteiger partial charge on any atom is -0.391 e. The molecule has 2 heterocycles. The van der Waals surface area contributed by atoms with Gasteiger partial charge in [0.15, 0.2) is 0 Å². The first-order valence-corrected chi connectivity index (χ1v) is 6.96. The van der Waals surface area contributed by atoms with Crippen LogP contribution in [-0.4, -0.2) is 55.7 Å². The zero-order valence-corrected chi connectivity index (χ0v) is 11.7. The van der Waals surface area contributed by atoms with Crippen LogP contribution in [0.1, 0.15) is 23.7 Å². The fourth-order valence-electron chi connectivity index (χ4n) is 2.46. The summed E-state index contributed by atoms with van der Waals surface area (Å²) in [4.78, 5) is 14.1. The van der Waals surface area contributed by atoms with E-state index in [9.17, 15) is 9.90 Å². The first-order chi connectivity index (χ1) is 10.1. The maximum Gasteiger partial charge on any atom is 0.253 e. The molecule has 1 fully saturated rings. The van der Waals surface area contributed by atoms with Crippen molar-refractivity contribution in [1.29, 1.82) is 0 Å². The van der Waals surface area contributed by atoms with E-state index in [1.54, 1.807) is 29.2 Å². The molecule has 1 aromatic carbocycles. The van der Waals surface area contributed by atoms with Crippen molar-refractivity contribution in [1.82, 2.24) is 25.5 Å². The Morgan fingerprint density at radius 3 is 2.76 bits per heavy atom. The molecule has 2 atom stereocenters. The minimum atomic E-state index is -0.443. The molecule has 21 heavy (non-hydrogen) atoms. The number of aliphatic hydroxyl groups excluding tert-OH is 1. The molecule has 2 N–H and O–H groups in total. The van der Waals surface area contributed by atoms with Gasteiger partial charge in [-0.15, -0.1) is 10.2 Å². The Morgan fingerprint density at radius 1 is 1.38 bits per heavy atom. The van der Waals surface area contributed by atoms with Crippen LogP contribution in [0.25, 0.3) is 11.4 Å². The van der Waals surface area contributed by atoms with E-state index < -0.39 is 6.10 Å². The third kappa shape index (κ3) is 2.78. The molecule has 3 rings (SSSR count). The molecular weight excluding hydrogens is 270 g/mol. The van der Waals surface area contributed by atoms with E-state index >= 15 is 0 Å². The van der Waals surface area contributed by atoms with Crippen molar-refractivity contribution >= 4 is 5.91 Å². The normalized spacial score (nSPS) is 22.3. The summed E-state index contributed by atoms with van der Waals surface area (Å²) >= 11 is 0. The number of nitrogens with zero attached hydrogens (tertiary/aromatic N) is 4. The second kappa shape index (κ2) is 5.61. The highest BCUT2D eigenvalue weighted by atomic mass is 16.3. The van der Waals surface area contributed by atoms with E-state index in [2.05, 4.69) is 20.6 Å². The molecule has 1 aliphatic heterocycles. The van der Waals surface area contributed by atoms with Gasteiger partial charge in [-0.25, -0.2) is 0 Å². The third-order valence-electron chi connectivity index (χ3n) is 3.94. The van der Waals surface area contributed by atoms with E-state index in [-0.39, 0.29) is 11.8 Å². The summed E-state index contributed by atoms with van der Waals surface area (Å²) < 4.78 is 0. The van der Waals surface area contributed by atoms with Crippen molar-refractivity contribution in [3.63, 3.8) is 0 Å². The fourth-order valence-corrected chi connectivity index (χ4v) is 2.46. The summed E-state index contributed by atoms with van der Waals surface area (Å²) in [5, 5.41) is 23.6. The number of amides is 1. The van der Waals surface area contributed by atoms with E-state index in [4.69, 9.17) is 0 Å². The zero-order chi connectivity index (χ0) is 14.8. The first-order valence-electron chi connectivity index (χ1n) is 6.96. The molecule has 0 bridgehead atoms. The molecule has 1 saturated heterocycles. The third-order valence-corrected chi connectivity index (χ3v) is 3.94. The second-order valence-corrected chi connectivity index (χ2v) is 5.40. The molecule has 7 nitrogen and oxygen atoms in total. The number of aliphatic hydroxyl groups is 1. The zero-order valence-electron chi connectivity index (χ0n) is 11.7. The lowest BCUT2D eigenvalue weighted by Gasteiger charge is -2.34. The predicted molar refractivity (Wildman–Crippen MR) is 75.3 cm³/mol. The summed E-state index contributed by atoms with van der Waals surface area (Å²) in [6.45, 7) is 3.09. The number of rotatable bonds is 2. The van der Waals surface area contributed by atoms with Crippen molar-refractivity contribution in [3.05, 3.63) is 29.8 Å². The van der Waals surface area contributed by atoms with Gasteiger partial charge >= 0.3 is 0 Å². The molecule has 110 valence electrons. The van der Waals surface area contributed by atoms with Gasteiger partial charge in [-0.05, 0) is 29.7 Å². The molecule has 2 unspecified atom stereocenters. The number of aromatic amines is 1. The largest absolute Gasteiger partial charge is 0.391 e. The SMILES string of the molecule is CC1CCN(C(=O)c2ccc(-c3nn[nH]n3)cc2)CC1O. The molecule has 0 radical (unpaired) electrons. The Bertz CT molecular complexity index is 611. The van der Waals surface area contributed by atoms with Crippen LogP contribution in [0.2, 0.25) is 0 Å². The summed E-state index contributed by atoms with van der Waals surface area (Å²) in [6.07, 6.45) is 0.384. The van der Waals surface area contributed by atoms with Crippen LogP contribution in [0.15, 0.2) is 24.3 Å². The van der Waals surface area contributed by atoms with E-state index in [0.717, 1.165) is 12.0 Å². The number of β-amino-alcohol motifs (C(OH)–C–C–N with tert-alkyl or cyclic N) is 1. The minimum absolute atomic E-state index is 0.0550. The standard InChI is InChI=1S/C14H17N5O2/c1-9-6-7-19(8-12(9)20)14(21)11-4-2-10(3-5-11)13-15-17-18-16-13/h2-5,9,12,20H,6-8H2,1H3,(H,15,16,17,18). The topological polar surface area (TPSA) is 95.0 Å². The summed E-state index contributed by atoms with van der Waals surface area (Å²) in [5.41, 5.74) is 1.40. The molecular formula is C14H17N5O2. The molecule has 1 aliphatic rings. The van der Waals surface area contributed by atoms with Crippen molar-refractivity contribution < 1.29 is 9.90 Å². The number of nitrogens with one attached hydrogen (secondary N) is 1. The molecule has 1 amide bonds. The number of piperidine rings is 1. The van der Waals surface area contributed by atoms with Crippen molar-refractivity contribution in [2.45, 2.75) is 19.4 Å². The smallest absolute Gasteiger partial charge is 0.253 e. The van der Waals surface area contributed by atoms with Crippen LogP contribution in [0.5, 0.6) is 0 Å². The summed E-state index contributed by atoms with van der Waals surface area (Å²) in [5.74, 6) is 0.687. The lowest BCUT2D eigenvalue weighted by atomic mass is 9.95. The molecule has 2 aromatic rings. The Balaban J connectivity index is 1.73. The first kappa shape index (κ1) is 13.7. The average Bonchev–Trinajstić information content (AvgIpc) is 3.04. The Kier molecular flexibility index (Phi) is 3.66. The Morgan fingerprint density at radius 2 is 2.14 bits per heavy atom. The van der Waals surface area contributed by atoms with E-state index in [0.29, 0.717) is 24.5 Å². The van der Waals surface area contributed by atoms with E-state index in [1.165, 1.54) is 0 Å². The van der Waals surface area contributed by atoms with Gasteiger partial charge in [-0.2, -0.15) is 5.21 Å². The number of benzene rings is 1. The molecule has 0 saturated carbocycles. The van der Waals surface area contributed by atoms with Gasteiger partial charge in [-0.1, -0.05) is 19.1 Å². The number of carbonyl (C=O) groups is 1. The summed E-state index contributed by atoms with van der Waals surface area (Å²) in [7, 11) is 0. The number of tetrazole rings is 1. The van der Waals surface area contributed by atoms with E-state index in [1.807, 2.05) is 6.92 Å². The Hall–Kier alpha value is -2.28. The van der Waals surface area contributed by atoms with Gasteiger partial charge < -0.3 is 10.0 Å². The maximum absolute atomic E-state index is 12.4. The maximum atomic E-state index is 12.4. The van der Waals surface area contributed by atoms with Crippen LogP contribution >= 0.6 is 0 Å². The molecule has 0 spiro atoms. The van der Waals surface area contributed by atoms with Gasteiger partial charge in [0.2, 0.25) is 5.82 Å². The monoisotopic (exact) mass is 287 g/mol. The van der Waals surface area contributed by atoms with Crippen molar-refractivity contribution in [3.8, 4) is 11.4 Å². The fraction of sp³-hybridized carbons (Fsp3) is 0.429. The van der Waals surface area contributed by atoms with Gasteiger partial charge in [0.1, 0.15) is 0 Å². The van der Waals surface area contributed by atoms with Crippen LogP contribution in [0.4, 0.5) is 0 Å². The number of aromatic nitrogens is 4. The number of carbonyl (C=O) groups excluding carboxylic acids is 1. The highest BCUT2D eigenvalue weighted by Gasteiger charge is 2.27. The predicted octanol–water partition coefficient (Wildman–Crippen LogP) is 0.710. The number of H-pyrrole nitrogens is 1. The van der Waals surface area contributed by atoms with Crippen LogP contribution < -0.4 is 0 Å². The lowest BCUT2D eigenvalue weighted by Crippen LogP contribution is -2.45. The lowest BCUT2D eigenvalue weighted by molar-refractivity contribution is 0.0248. The van der Waals surface area contributed by atoms with Gasteiger partial charge in [-0.3, -0.25) is 4.79 Å². The molecule has 1 aromatic heterocycles. The highest BCUT2D eigenvalue weighted by molar-refractivity contribution is 5.94. The average molecular weight is 287 g/mol. The van der Waals surface area contributed by atoms with Crippen molar-refractivity contribution in [2.24, 2.45) is 5.92 Å². The number of hydrogen-bond acceptors (Lipinski definition) is 5. The molecule has 7 heteroatoms. The van der Waals surface area contributed by atoms with Crippen molar-refractivity contribution in [2.75, 3.05) is 13.1 Å².